The second-order valence-corrected chi connectivity index (χ2v) is 2.97. The number of aliphatic hydroxyl groups excluding tert-OH is 1. The van der Waals surface area contributed by atoms with Crippen LogP contribution in [0.15, 0.2) is 6.20 Å². The molecule has 0 aliphatic rings. The molecule has 10 heteroatoms. The Bertz CT molecular complexity index is 385. The van der Waals surface area contributed by atoms with Crippen LogP contribution in [0.3, 0.4) is 0 Å². The Hall–Kier alpha value is -1.68. The van der Waals surface area contributed by atoms with Crippen molar-refractivity contribution in [2.24, 2.45) is 5.84 Å². The molecule has 0 amide bonds. The molecule has 0 saturated carbocycles. The van der Waals surface area contributed by atoms with Gasteiger partial charge in [-0.2, -0.15) is 18.2 Å². The number of alkyl halides is 3. The van der Waals surface area contributed by atoms with Crippen LogP contribution in [0, 0.1) is 5.82 Å². The zero-order valence-electron chi connectivity index (χ0n) is 8.29. The number of hydrazine groups is 1. The van der Waals surface area contributed by atoms with Crippen LogP contribution in [0.1, 0.15) is 0 Å². The summed E-state index contributed by atoms with van der Waals surface area (Å²) < 4.78 is 48.9. The van der Waals surface area contributed by atoms with Gasteiger partial charge in [0.15, 0.2) is 17.7 Å². The molecule has 1 aromatic rings. The summed E-state index contributed by atoms with van der Waals surface area (Å²) in [7, 11) is 0. The maximum Gasteiger partial charge on any atom is 0.416 e. The van der Waals surface area contributed by atoms with Crippen molar-refractivity contribution in [3.05, 3.63) is 12.0 Å². The van der Waals surface area contributed by atoms with Gasteiger partial charge in [-0.05, 0) is 0 Å². The van der Waals surface area contributed by atoms with Crippen LogP contribution < -0.4 is 16.6 Å². The van der Waals surface area contributed by atoms with Gasteiger partial charge in [0.2, 0.25) is 5.95 Å². The summed E-state index contributed by atoms with van der Waals surface area (Å²) in [4.78, 5) is 6.82. The van der Waals surface area contributed by atoms with E-state index in [1.807, 2.05) is 10.7 Å². The van der Waals surface area contributed by atoms with E-state index in [9.17, 15) is 17.6 Å². The Kier molecular flexibility index (Phi) is 4.02. The lowest BCUT2D eigenvalue weighted by molar-refractivity contribution is -0.198. The van der Waals surface area contributed by atoms with E-state index < -0.39 is 30.5 Å². The molecule has 0 fully saturated rings. The van der Waals surface area contributed by atoms with Gasteiger partial charge in [0.1, 0.15) is 0 Å². The van der Waals surface area contributed by atoms with Gasteiger partial charge >= 0.3 is 6.18 Å². The topological polar surface area (TPSA) is 96.1 Å². The van der Waals surface area contributed by atoms with Gasteiger partial charge in [-0.3, -0.25) is 5.43 Å². The number of hydrogen-bond donors (Lipinski definition) is 4. The maximum absolute atomic E-state index is 13.0. The third kappa shape index (κ3) is 3.67. The summed E-state index contributed by atoms with van der Waals surface area (Å²) in [6, 6.07) is 0. The summed E-state index contributed by atoms with van der Waals surface area (Å²) in [5.74, 6) is 3.32. The SMILES string of the molecule is NNc1ncc(F)c(NCC(O)C(F)(F)F)n1. The standard InChI is InChI=1S/C7H9F4N5O/c8-3-1-14-6(16-12)15-5(3)13-2-4(17)7(9,10)11/h1,4,17H,2,12H2,(H2,13,14,15,16). The lowest BCUT2D eigenvalue weighted by Crippen LogP contribution is -2.35. The predicted octanol–water partition coefficient (Wildman–Crippen LogP) is 0.236. The first-order valence-corrected chi connectivity index (χ1v) is 4.32. The van der Waals surface area contributed by atoms with E-state index in [1.165, 1.54) is 0 Å². The largest absolute Gasteiger partial charge is 0.416 e. The van der Waals surface area contributed by atoms with Crippen LogP contribution in [-0.4, -0.2) is 33.9 Å². The van der Waals surface area contributed by atoms with Crippen molar-refractivity contribution in [3.8, 4) is 0 Å². The number of aromatic nitrogens is 2. The second-order valence-electron chi connectivity index (χ2n) is 2.97. The molecular weight excluding hydrogens is 246 g/mol. The first-order valence-electron chi connectivity index (χ1n) is 4.32. The molecule has 1 aromatic heterocycles. The molecule has 1 rings (SSSR count). The Balaban J connectivity index is 2.69. The van der Waals surface area contributed by atoms with Gasteiger partial charge in [-0.15, -0.1) is 0 Å². The van der Waals surface area contributed by atoms with E-state index in [0.29, 0.717) is 0 Å². The molecule has 0 aliphatic heterocycles. The molecule has 0 bridgehead atoms. The quantitative estimate of drug-likeness (QED) is 0.349. The van der Waals surface area contributed by atoms with Crippen LogP contribution in [0.25, 0.3) is 0 Å². The fourth-order valence-corrected chi connectivity index (χ4v) is 0.870. The second kappa shape index (κ2) is 5.10. The molecule has 17 heavy (non-hydrogen) atoms. The molecule has 0 aliphatic carbocycles. The highest BCUT2D eigenvalue weighted by atomic mass is 19.4. The Morgan fingerprint density at radius 3 is 2.65 bits per heavy atom. The van der Waals surface area contributed by atoms with Crippen molar-refractivity contribution in [3.63, 3.8) is 0 Å². The van der Waals surface area contributed by atoms with E-state index in [4.69, 9.17) is 10.9 Å². The zero-order valence-corrected chi connectivity index (χ0v) is 8.29. The monoisotopic (exact) mass is 255 g/mol. The highest BCUT2D eigenvalue weighted by molar-refractivity contribution is 5.40. The molecule has 1 unspecified atom stereocenters. The van der Waals surface area contributed by atoms with Crippen LogP contribution in [-0.2, 0) is 0 Å². The van der Waals surface area contributed by atoms with Gasteiger partial charge in [0.25, 0.3) is 0 Å². The van der Waals surface area contributed by atoms with E-state index in [-0.39, 0.29) is 5.95 Å². The molecule has 96 valence electrons. The fraction of sp³-hybridized carbons (Fsp3) is 0.429. The number of nitrogens with zero attached hydrogens (tertiary/aromatic N) is 2. The molecule has 0 radical (unpaired) electrons. The highest BCUT2D eigenvalue weighted by Gasteiger charge is 2.38. The lowest BCUT2D eigenvalue weighted by atomic mass is 10.3. The average molecular weight is 255 g/mol. The van der Waals surface area contributed by atoms with E-state index in [1.54, 1.807) is 0 Å². The van der Waals surface area contributed by atoms with Crippen molar-refractivity contribution in [2.75, 3.05) is 17.3 Å². The number of nitrogens with one attached hydrogen (secondary N) is 2. The number of hydrogen-bond acceptors (Lipinski definition) is 6. The number of anilines is 2. The van der Waals surface area contributed by atoms with Crippen LogP contribution in [0.2, 0.25) is 0 Å². The first kappa shape index (κ1) is 13.4. The molecule has 0 saturated heterocycles. The van der Waals surface area contributed by atoms with Crippen molar-refractivity contribution in [2.45, 2.75) is 12.3 Å². The fourth-order valence-electron chi connectivity index (χ4n) is 0.870. The molecule has 0 spiro atoms. The number of aliphatic hydroxyl groups is 1. The summed E-state index contributed by atoms with van der Waals surface area (Å²) in [5, 5.41) is 10.7. The number of nitrogens with two attached hydrogens (primary N) is 1. The normalized spacial score (nSPS) is 13.3. The van der Waals surface area contributed by atoms with E-state index in [0.717, 1.165) is 6.20 Å². The maximum atomic E-state index is 13.0. The Morgan fingerprint density at radius 2 is 2.12 bits per heavy atom. The van der Waals surface area contributed by atoms with E-state index >= 15 is 0 Å². The van der Waals surface area contributed by atoms with Gasteiger partial charge < -0.3 is 10.4 Å². The molecule has 6 nitrogen and oxygen atoms in total. The van der Waals surface area contributed by atoms with Crippen LogP contribution in [0.5, 0.6) is 0 Å². The smallest absolute Gasteiger partial charge is 0.382 e. The average Bonchev–Trinajstić information content (AvgIpc) is 2.26. The highest BCUT2D eigenvalue weighted by Crippen LogP contribution is 2.20. The first-order chi connectivity index (χ1) is 7.84. The molecular formula is C7H9F4N5O. The van der Waals surface area contributed by atoms with Crippen LogP contribution in [0.4, 0.5) is 29.3 Å². The van der Waals surface area contributed by atoms with Crippen molar-refractivity contribution >= 4 is 11.8 Å². The van der Waals surface area contributed by atoms with Crippen molar-refractivity contribution in [1.29, 1.82) is 0 Å². The summed E-state index contributed by atoms with van der Waals surface area (Å²) in [6.07, 6.45) is -6.68. The summed E-state index contributed by atoms with van der Waals surface area (Å²) in [5.41, 5.74) is 2.00. The zero-order chi connectivity index (χ0) is 13.1. The molecule has 0 aromatic carbocycles. The van der Waals surface area contributed by atoms with Crippen molar-refractivity contribution in [1.82, 2.24) is 9.97 Å². The molecule has 5 N–H and O–H groups in total. The number of halogens is 4. The predicted molar refractivity (Wildman–Crippen MR) is 50.4 cm³/mol. The minimum Gasteiger partial charge on any atom is -0.382 e. The lowest BCUT2D eigenvalue weighted by Gasteiger charge is -2.15. The third-order valence-corrected chi connectivity index (χ3v) is 1.71. The number of nitrogen functional groups attached to an aromatic ring is 1. The minimum atomic E-state index is -4.79. The molecule has 1 heterocycles. The van der Waals surface area contributed by atoms with Gasteiger partial charge in [0, 0.05) is 0 Å². The van der Waals surface area contributed by atoms with Crippen LogP contribution >= 0.6 is 0 Å². The number of rotatable bonds is 4. The molecule has 1 atom stereocenters. The van der Waals surface area contributed by atoms with Gasteiger partial charge in [-0.25, -0.2) is 15.2 Å². The summed E-state index contributed by atoms with van der Waals surface area (Å²) >= 11 is 0. The van der Waals surface area contributed by atoms with Crippen molar-refractivity contribution < 1.29 is 22.7 Å². The van der Waals surface area contributed by atoms with Gasteiger partial charge in [0.05, 0.1) is 12.7 Å². The summed E-state index contributed by atoms with van der Waals surface area (Å²) in [6.45, 7) is -0.929. The third-order valence-electron chi connectivity index (χ3n) is 1.71. The van der Waals surface area contributed by atoms with E-state index in [2.05, 4.69) is 9.97 Å². The van der Waals surface area contributed by atoms with Gasteiger partial charge in [-0.1, -0.05) is 0 Å². The Labute approximate surface area is 92.8 Å². The Morgan fingerprint density at radius 1 is 1.47 bits per heavy atom. The minimum absolute atomic E-state index is 0.171.